The molecule has 0 radical (unpaired) electrons. The van der Waals surface area contributed by atoms with Gasteiger partial charge in [-0.05, 0) is 42.9 Å². The highest BCUT2D eigenvalue weighted by Crippen LogP contribution is 2.39. The van der Waals surface area contributed by atoms with Gasteiger partial charge in [0.25, 0.3) is 0 Å². The second kappa shape index (κ2) is 5.73. The van der Waals surface area contributed by atoms with Crippen LogP contribution in [-0.2, 0) is 13.0 Å². The molecule has 1 aromatic carbocycles. The Labute approximate surface area is 127 Å². The maximum atomic E-state index is 13.9. The van der Waals surface area contributed by atoms with Crippen molar-refractivity contribution in [1.29, 1.82) is 0 Å². The molecule has 0 amide bonds. The summed E-state index contributed by atoms with van der Waals surface area (Å²) >= 11 is 5.78. The smallest absolute Gasteiger partial charge is 0.137 e. The van der Waals surface area contributed by atoms with E-state index in [1.54, 1.807) is 23.1 Å². The van der Waals surface area contributed by atoms with Crippen molar-refractivity contribution in [1.82, 2.24) is 14.8 Å². The number of aromatic nitrogens is 3. The average Bonchev–Trinajstić information content (AvgIpc) is 3.04. The van der Waals surface area contributed by atoms with E-state index in [4.69, 9.17) is 11.6 Å². The van der Waals surface area contributed by atoms with E-state index in [9.17, 15) is 9.50 Å². The Morgan fingerprint density at radius 3 is 3.05 bits per heavy atom. The van der Waals surface area contributed by atoms with Gasteiger partial charge >= 0.3 is 0 Å². The molecule has 2 atom stereocenters. The van der Waals surface area contributed by atoms with Gasteiger partial charge in [-0.15, -0.1) is 0 Å². The summed E-state index contributed by atoms with van der Waals surface area (Å²) in [7, 11) is 0. The number of hydrogen-bond acceptors (Lipinski definition) is 3. The largest absolute Gasteiger partial charge is 0.388 e. The summed E-state index contributed by atoms with van der Waals surface area (Å²) in [6.45, 7) is 0.396. The SMILES string of the molecule is OC1(Cn2cncn2)CCCC1Cc1ccc(Cl)cc1F. The Kier molecular flexibility index (Phi) is 3.95. The Balaban J connectivity index is 1.77. The highest BCUT2D eigenvalue weighted by Gasteiger charge is 2.41. The summed E-state index contributed by atoms with van der Waals surface area (Å²) in [5.41, 5.74) is -0.261. The van der Waals surface area contributed by atoms with Crippen LogP contribution in [0.25, 0.3) is 0 Å². The van der Waals surface area contributed by atoms with E-state index in [1.165, 1.54) is 12.4 Å². The van der Waals surface area contributed by atoms with E-state index in [2.05, 4.69) is 10.1 Å². The van der Waals surface area contributed by atoms with Gasteiger partial charge in [-0.1, -0.05) is 24.1 Å². The topological polar surface area (TPSA) is 50.9 Å². The normalized spacial score (nSPS) is 25.4. The summed E-state index contributed by atoms with van der Waals surface area (Å²) in [6, 6.07) is 4.71. The van der Waals surface area contributed by atoms with E-state index in [0.717, 1.165) is 12.8 Å². The zero-order valence-electron chi connectivity index (χ0n) is 11.5. The van der Waals surface area contributed by atoms with Crippen molar-refractivity contribution in [2.45, 2.75) is 37.8 Å². The van der Waals surface area contributed by atoms with Crippen LogP contribution in [0.4, 0.5) is 4.39 Å². The molecule has 3 rings (SSSR count). The molecule has 1 fully saturated rings. The number of halogens is 2. The zero-order valence-corrected chi connectivity index (χ0v) is 12.3. The summed E-state index contributed by atoms with van der Waals surface area (Å²) in [5.74, 6) is -0.296. The fourth-order valence-corrected chi connectivity index (χ4v) is 3.33. The predicted molar refractivity (Wildman–Crippen MR) is 77.4 cm³/mol. The Hall–Kier alpha value is -1.46. The van der Waals surface area contributed by atoms with Crippen molar-refractivity contribution >= 4 is 11.6 Å². The number of aliphatic hydroxyl groups is 1. The molecule has 1 heterocycles. The molecule has 1 saturated carbocycles. The third-order valence-corrected chi connectivity index (χ3v) is 4.54. The number of rotatable bonds is 4. The lowest BCUT2D eigenvalue weighted by Crippen LogP contribution is -2.39. The van der Waals surface area contributed by atoms with Gasteiger partial charge in [0.2, 0.25) is 0 Å². The number of nitrogens with zero attached hydrogens (tertiary/aromatic N) is 3. The van der Waals surface area contributed by atoms with Crippen LogP contribution in [0.15, 0.2) is 30.9 Å². The number of benzene rings is 1. The van der Waals surface area contributed by atoms with E-state index in [-0.39, 0.29) is 11.7 Å². The molecule has 2 aromatic rings. The van der Waals surface area contributed by atoms with Crippen LogP contribution in [0, 0.1) is 11.7 Å². The molecular weight excluding hydrogens is 293 g/mol. The first-order valence-corrected chi connectivity index (χ1v) is 7.43. The fourth-order valence-electron chi connectivity index (χ4n) is 3.18. The van der Waals surface area contributed by atoms with E-state index in [0.29, 0.717) is 30.0 Å². The lowest BCUT2D eigenvalue weighted by Gasteiger charge is -2.30. The average molecular weight is 310 g/mol. The first-order chi connectivity index (χ1) is 10.1. The van der Waals surface area contributed by atoms with Crippen LogP contribution in [0.1, 0.15) is 24.8 Å². The zero-order chi connectivity index (χ0) is 14.9. The van der Waals surface area contributed by atoms with Gasteiger partial charge in [0, 0.05) is 5.02 Å². The van der Waals surface area contributed by atoms with Crippen molar-refractivity contribution in [2.24, 2.45) is 5.92 Å². The monoisotopic (exact) mass is 309 g/mol. The van der Waals surface area contributed by atoms with Gasteiger partial charge in [-0.25, -0.2) is 9.37 Å². The molecule has 0 aliphatic heterocycles. The summed E-state index contributed by atoms with van der Waals surface area (Å²) < 4.78 is 15.6. The first kappa shape index (κ1) is 14.5. The van der Waals surface area contributed by atoms with Crippen molar-refractivity contribution in [3.63, 3.8) is 0 Å². The van der Waals surface area contributed by atoms with Gasteiger partial charge in [-0.3, -0.25) is 4.68 Å². The van der Waals surface area contributed by atoms with Crippen LogP contribution in [0.5, 0.6) is 0 Å². The van der Waals surface area contributed by atoms with Crippen LogP contribution >= 0.6 is 11.6 Å². The van der Waals surface area contributed by atoms with Crippen LogP contribution in [0.2, 0.25) is 5.02 Å². The van der Waals surface area contributed by atoms with Crippen LogP contribution in [0.3, 0.4) is 0 Å². The molecular formula is C15H17ClFN3O. The highest BCUT2D eigenvalue weighted by atomic mass is 35.5. The molecule has 0 bridgehead atoms. The van der Waals surface area contributed by atoms with Gasteiger partial charge in [0.05, 0.1) is 12.1 Å². The summed E-state index contributed by atoms with van der Waals surface area (Å²) in [6.07, 6.45) is 6.07. The molecule has 112 valence electrons. The minimum atomic E-state index is -0.861. The minimum Gasteiger partial charge on any atom is -0.388 e. The molecule has 21 heavy (non-hydrogen) atoms. The minimum absolute atomic E-state index is 0.0115. The van der Waals surface area contributed by atoms with Crippen molar-refractivity contribution in [3.8, 4) is 0 Å². The second-order valence-electron chi connectivity index (χ2n) is 5.73. The summed E-state index contributed by atoms with van der Waals surface area (Å²) in [5, 5.41) is 15.3. The summed E-state index contributed by atoms with van der Waals surface area (Å²) in [4.78, 5) is 3.89. The molecule has 1 aliphatic rings. The number of hydrogen-bond donors (Lipinski definition) is 1. The maximum Gasteiger partial charge on any atom is 0.137 e. The molecule has 1 aromatic heterocycles. The first-order valence-electron chi connectivity index (χ1n) is 7.05. The van der Waals surface area contributed by atoms with Crippen LogP contribution in [-0.4, -0.2) is 25.5 Å². The van der Waals surface area contributed by atoms with Crippen molar-refractivity contribution in [2.75, 3.05) is 0 Å². The van der Waals surface area contributed by atoms with Crippen molar-refractivity contribution in [3.05, 3.63) is 47.3 Å². The van der Waals surface area contributed by atoms with E-state index in [1.807, 2.05) is 0 Å². The lowest BCUT2D eigenvalue weighted by atomic mass is 9.85. The molecule has 1 N–H and O–H groups in total. The molecule has 4 nitrogen and oxygen atoms in total. The predicted octanol–water partition coefficient (Wildman–Crippen LogP) is 2.84. The Bertz CT molecular complexity index is 619. The molecule has 0 spiro atoms. The van der Waals surface area contributed by atoms with Gasteiger partial charge < -0.3 is 5.11 Å². The quantitative estimate of drug-likeness (QED) is 0.945. The van der Waals surface area contributed by atoms with E-state index < -0.39 is 5.60 Å². The highest BCUT2D eigenvalue weighted by molar-refractivity contribution is 6.30. The standard InChI is InChI=1S/C15H17ClFN3O/c16-13-4-3-11(14(17)7-13)6-12-2-1-5-15(12,21)8-20-10-18-9-19-20/h3-4,7,9-10,12,21H,1-2,5-6,8H2. The fraction of sp³-hybridized carbons (Fsp3) is 0.467. The van der Waals surface area contributed by atoms with Gasteiger partial charge in [0.15, 0.2) is 0 Å². The Morgan fingerprint density at radius 2 is 2.33 bits per heavy atom. The third kappa shape index (κ3) is 3.09. The van der Waals surface area contributed by atoms with E-state index >= 15 is 0 Å². The Morgan fingerprint density at radius 1 is 1.48 bits per heavy atom. The van der Waals surface area contributed by atoms with Gasteiger partial charge in [-0.2, -0.15) is 5.10 Å². The molecule has 0 saturated heterocycles. The maximum absolute atomic E-state index is 13.9. The van der Waals surface area contributed by atoms with Crippen molar-refractivity contribution < 1.29 is 9.50 Å². The molecule has 6 heteroatoms. The second-order valence-corrected chi connectivity index (χ2v) is 6.16. The van der Waals surface area contributed by atoms with Gasteiger partial charge in [0.1, 0.15) is 18.5 Å². The third-order valence-electron chi connectivity index (χ3n) is 4.31. The molecule has 1 aliphatic carbocycles. The molecule has 2 unspecified atom stereocenters. The lowest BCUT2D eigenvalue weighted by molar-refractivity contribution is -0.0165. The van der Waals surface area contributed by atoms with Crippen LogP contribution < -0.4 is 0 Å².